The van der Waals surface area contributed by atoms with E-state index in [0.29, 0.717) is 53.1 Å². The monoisotopic (exact) mass is 485 g/mol. The minimum absolute atomic E-state index is 0.0505. The summed E-state index contributed by atoms with van der Waals surface area (Å²) in [6.45, 7) is 2.54. The van der Waals surface area contributed by atoms with Gasteiger partial charge >= 0.3 is 0 Å². The molecule has 0 aliphatic carbocycles. The molecule has 0 spiro atoms. The number of carbonyl (C=O) groups is 2. The van der Waals surface area contributed by atoms with Crippen molar-refractivity contribution in [1.29, 1.82) is 0 Å². The number of ether oxygens (including phenoxy) is 3. The summed E-state index contributed by atoms with van der Waals surface area (Å²) in [5.41, 5.74) is 1.38. The first-order valence-corrected chi connectivity index (χ1v) is 11.3. The van der Waals surface area contributed by atoms with Crippen molar-refractivity contribution in [3.05, 3.63) is 87.8 Å². The fourth-order valence-corrected chi connectivity index (χ4v) is 4.02. The van der Waals surface area contributed by atoms with Crippen LogP contribution in [0.3, 0.4) is 0 Å². The summed E-state index contributed by atoms with van der Waals surface area (Å²) in [4.78, 5) is 43.9. The Hall–Kier alpha value is -4.66. The number of fused-ring (bicyclic) bond motifs is 2. The predicted octanol–water partition coefficient (Wildman–Crippen LogP) is 3.35. The number of aryl methyl sites for hydroxylation is 1. The van der Waals surface area contributed by atoms with Gasteiger partial charge in [0.15, 0.2) is 17.3 Å². The molecule has 2 aromatic heterocycles. The molecule has 36 heavy (non-hydrogen) atoms. The molecule has 0 radical (unpaired) electrons. The second kappa shape index (κ2) is 9.53. The number of anilines is 1. The van der Waals surface area contributed by atoms with Gasteiger partial charge in [-0.05, 0) is 55.5 Å². The van der Waals surface area contributed by atoms with Crippen molar-refractivity contribution in [3.63, 3.8) is 0 Å². The van der Waals surface area contributed by atoms with Crippen molar-refractivity contribution < 1.29 is 23.8 Å². The quantitative estimate of drug-likeness (QED) is 0.417. The van der Waals surface area contributed by atoms with Gasteiger partial charge in [-0.1, -0.05) is 0 Å². The number of nitrogens with zero attached hydrogens (tertiary/aromatic N) is 2. The molecular weight excluding hydrogens is 462 g/mol. The Morgan fingerprint density at radius 2 is 1.78 bits per heavy atom. The average Bonchev–Trinajstić information content (AvgIpc) is 2.89. The van der Waals surface area contributed by atoms with Gasteiger partial charge in [-0.25, -0.2) is 4.98 Å². The molecule has 0 atom stereocenters. The van der Waals surface area contributed by atoms with Crippen LogP contribution in [-0.4, -0.2) is 41.6 Å². The van der Waals surface area contributed by atoms with Crippen molar-refractivity contribution in [3.8, 4) is 17.2 Å². The number of aromatic nitrogens is 2. The maximum absolute atomic E-state index is 13.2. The molecule has 182 valence electrons. The Morgan fingerprint density at radius 3 is 2.53 bits per heavy atom. The normalized spacial score (nSPS) is 12.3. The maximum atomic E-state index is 13.2. The molecule has 3 heterocycles. The minimum atomic E-state index is -0.453. The van der Waals surface area contributed by atoms with Crippen LogP contribution in [0.25, 0.3) is 11.0 Å². The lowest BCUT2D eigenvalue weighted by Crippen LogP contribution is -2.25. The highest BCUT2D eigenvalue weighted by atomic mass is 16.6. The third-order valence-corrected chi connectivity index (χ3v) is 5.80. The first kappa shape index (κ1) is 23.1. The van der Waals surface area contributed by atoms with Crippen LogP contribution in [0.1, 0.15) is 21.6 Å². The van der Waals surface area contributed by atoms with E-state index in [9.17, 15) is 14.4 Å². The van der Waals surface area contributed by atoms with Crippen molar-refractivity contribution in [2.45, 2.75) is 13.5 Å². The molecule has 2 aromatic carbocycles. The lowest BCUT2D eigenvalue weighted by molar-refractivity contribution is -0.116. The van der Waals surface area contributed by atoms with Gasteiger partial charge in [0, 0.05) is 29.2 Å². The maximum Gasteiger partial charge on any atom is 0.244 e. The van der Waals surface area contributed by atoms with Gasteiger partial charge in [0.25, 0.3) is 0 Å². The lowest BCUT2D eigenvalue weighted by Gasteiger charge is -2.19. The van der Waals surface area contributed by atoms with E-state index >= 15 is 0 Å². The van der Waals surface area contributed by atoms with E-state index in [0.717, 1.165) is 0 Å². The van der Waals surface area contributed by atoms with Gasteiger partial charge in [-0.2, -0.15) is 0 Å². The average molecular weight is 485 g/mol. The highest BCUT2D eigenvalue weighted by Crippen LogP contribution is 2.32. The minimum Gasteiger partial charge on any atom is -0.497 e. The summed E-state index contributed by atoms with van der Waals surface area (Å²) in [5, 5.41) is 3.08. The number of ketones is 1. The molecular formula is C27H23N3O6. The molecule has 0 saturated heterocycles. The molecule has 0 saturated carbocycles. The summed E-state index contributed by atoms with van der Waals surface area (Å²) in [7, 11) is 1.53. The molecule has 0 unspecified atom stereocenters. The Bertz CT molecular complexity index is 1540. The summed E-state index contributed by atoms with van der Waals surface area (Å²) in [6, 6.07) is 15.0. The van der Waals surface area contributed by atoms with Crippen molar-refractivity contribution >= 4 is 28.4 Å². The molecule has 9 heteroatoms. The molecule has 1 aliphatic heterocycles. The third-order valence-electron chi connectivity index (χ3n) is 5.80. The van der Waals surface area contributed by atoms with E-state index in [1.807, 2.05) is 0 Å². The zero-order valence-electron chi connectivity index (χ0n) is 19.7. The molecule has 5 rings (SSSR count). The summed E-state index contributed by atoms with van der Waals surface area (Å²) >= 11 is 0. The Kier molecular flexibility index (Phi) is 6.12. The molecule has 1 N–H and O–H groups in total. The fraction of sp³-hybridized carbons (Fsp3) is 0.185. The van der Waals surface area contributed by atoms with Gasteiger partial charge < -0.3 is 24.1 Å². The van der Waals surface area contributed by atoms with Crippen LogP contribution in [0.4, 0.5) is 5.69 Å². The van der Waals surface area contributed by atoms with Crippen molar-refractivity contribution in [2.75, 3.05) is 25.6 Å². The van der Waals surface area contributed by atoms with Gasteiger partial charge in [0.1, 0.15) is 31.2 Å². The Labute approximate surface area is 206 Å². The van der Waals surface area contributed by atoms with Crippen LogP contribution in [0.2, 0.25) is 0 Å². The standard InChI is InChI=1S/C27H23N3O6/c1-16-3-9-20-26(33)21(25(32)17-4-7-19(34-2)8-5-17)14-30(27(20)28-16)15-24(31)29-18-6-10-22-23(13-18)36-12-11-35-22/h3-10,13-14H,11-12,15H2,1-2H3,(H,29,31). The molecule has 0 fully saturated rings. The predicted molar refractivity (Wildman–Crippen MR) is 133 cm³/mol. The number of amides is 1. The summed E-state index contributed by atoms with van der Waals surface area (Å²) < 4.78 is 17.8. The van der Waals surface area contributed by atoms with Crippen LogP contribution in [0.15, 0.2) is 65.6 Å². The number of hydrogen-bond acceptors (Lipinski definition) is 7. The number of hydrogen-bond donors (Lipinski definition) is 1. The third kappa shape index (κ3) is 4.50. The fourth-order valence-electron chi connectivity index (χ4n) is 4.02. The van der Waals surface area contributed by atoms with Gasteiger partial charge in [0.05, 0.1) is 18.1 Å². The van der Waals surface area contributed by atoms with E-state index in [-0.39, 0.29) is 23.4 Å². The van der Waals surface area contributed by atoms with Crippen LogP contribution in [0.5, 0.6) is 17.2 Å². The van der Waals surface area contributed by atoms with Crippen LogP contribution >= 0.6 is 0 Å². The van der Waals surface area contributed by atoms with Crippen LogP contribution in [0, 0.1) is 6.92 Å². The number of methoxy groups -OCH3 is 1. The summed E-state index contributed by atoms with van der Waals surface area (Å²) in [6.07, 6.45) is 1.40. The van der Waals surface area contributed by atoms with Crippen LogP contribution < -0.4 is 25.0 Å². The van der Waals surface area contributed by atoms with E-state index in [2.05, 4.69) is 10.3 Å². The zero-order valence-corrected chi connectivity index (χ0v) is 19.7. The second-order valence-electron chi connectivity index (χ2n) is 8.29. The SMILES string of the molecule is COc1ccc(C(=O)c2cn(CC(=O)Nc3ccc4c(c3)OCCO4)c3nc(C)ccc3c2=O)cc1. The molecule has 1 aliphatic rings. The first-order valence-electron chi connectivity index (χ1n) is 11.3. The number of nitrogens with one attached hydrogen (secondary N) is 1. The Balaban J connectivity index is 1.49. The molecule has 0 bridgehead atoms. The van der Waals surface area contributed by atoms with Crippen LogP contribution in [-0.2, 0) is 11.3 Å². The Morgan fingerprint density at radius 1 is 1.03 bits per heavy atom. The zero-order chi connectivity index (χ0) is 25.2. The number of rotatable bonds is 6. The largest absolute Gasteiger partial charge is 0.497 e. The van der Waals surface area contributed by atoms with E-state index in [1.54, 1.807) is 61.5 Å². The van der Waals surface area contributed by atoms with Gasteiger partial charge in [-0.15, -0.1) is 0 Å². The highest BCUT2D eigenvalue weighted by Gasteiger charge is 2.20. The smallest absolute Gasteiger partial charge is 0.244 e. The lowest BCUT2D eigenvalue weighted by atomic mass is 10.0. The second-order valence-corrected chi connectivity index (χ2v) is 8.29. The molecule has 9 nitrogen and oxygen atoms in total. The topological polar surface area (TPSA) is 109 Å². The van der Waals surface area contributed by atoms with Gasteiger partial charge in [-0.3, -0.25) is 14.4 Å². The van der Waals surface area contributed by atoms with E-state index < -0.39 is 11.2 Å². The highest BCUT2D eigenvalue weighted by molar-refractivity contribution is 6.10. The molecule has 1 amide bonds. The van der Waals surface area contributed by atoms with Gasteiger partial charge in [0.2, 0.25) is 11.3 Å². The van der Waals surface area contributed by atoms with E-state index in [4.69, 9.17) is 14.2 Å². The first-order chi connectivity index (χ1) is 17.4. The van der Waals surface area contributed by atoms with Crippen molar-refractivity contribution in [1.82, 2.24) is 9.55 Å². The molecule has 4 aromatic rings. The number of carbonyl (C=O) groups excluding carboxylic acids is 2. The summed E-state index contributed by atoms with van der Waals surface area (Å²) in [5.74, 6) is 0.955. The van der Waals surface area contributed by atoms with Crippen molar-refractivity contribution in [2.24, 2.45) is 0 Å². The number of benzene rings is 2. The number of pyridine rings is 2. The van der Waals surface area contributed by atoms with E-state index in [1.165, 1.54) is 17.9 Å².